The number of amides is 1. The van der Waals surface area contributed by atoms with Crippen LogP contribution in [0, 0.1) is 0 Å². The lowest BCUT2D eigenvalue weighted by Gasteiger charge is -2.25. The molecule has 1 aliphatic heterocycles. The van der Waals surface area contributed by atoms with Crippen LogP contribution in [0.25, 0.3) is 0 Å². The molecule has 0 bridgehead atoms. The van der Waals surface area contributed by atoms with E-state index in [2.05, 4.69) is 4.72 Å². The Labute approximate surface area is 155 Å². The summed E-state index contributed by atoms with van der Waals surface area (Å²) in [5, 5.41) is 5.64. The molecule has 0 radical (unpaired) electrons. The fourth-order valence-electron chi connectivity index (χ4n) is 2.65. The molecular formula is C16H20N2O4S3. The quantitative estimate of drug-likeness (QED) is 0.738. The Hall–Kier alpha value is -1.26. The van der Waals surface area contributed by atoms with E-state index in [0.717, 1.165) is 36.3 Å². The highest BCUT2D eigenvalue weighted by Gasteiger charge is 2.24. The third-order valence-corrected chi connectivity index (χ3v) is 7.46. The van der Waals surface area contributed by atoms with Crippen LogP contribution in [0.3, 0.4) is 0 Å². The Morgan fingerprint density at radius 1 is 1.36 bits per heavy atom. The number of sulfonamides is 1. The van der Waals surface area contributed by atoms with Gasteiger partial charge in [0.05, 0.1) is 12.6 Å². The van der Waals surface area contributed by atoms with Crippen molar-refractivity contribution in [2.45, 2.75) is 29.7 Å². The molecule has 3 rings (SSSR count). The summed E-state index contributed by atoms with van der Waals surface area (Å²) in [6, 6.07) is 5.16. The number of hydrogen-bond donors (Lipinski definition) is 1. The molecule has 9 heteroatoms. The van der Waals surface area contributed by atoms with Crippen molar-refractivity contribution in [2.75, 3.05) is 19.7 Å². The predicted molar refractivity (Wildman–Crippen MR) is 98.2 cm³/mol. The molecule has 2 aromatic heterocycles. The van der Waals surface area contributed by atoms with Gasteiger partial charge >= 0.3 is 0 Å². The van der Waals surface area contributed by atoms with Crippen LogP contribution in [0.4, 0.5) is 0 Å². The molecule has 1 fully saturated rings. The maximum atomic E-state index is 12.6. The van der Waals surface area contributed by atoms with Crippen molar-refractivity contribution in [3.05, 3.63) is 39.9 Å². The van der Waals surface area contributed by atoms with Crippen LogP contribution in [-0.2, 0) is 26.1 Å². The Bertz CT molecular complexity index is 766. The van der Waals surface area contributed by atoms with Crippen molar-refractivity contribution in [1.82, 2.24) is 9.62 Å². The van der Waals surface area contributed by atoms with Crippen LogP contribution in [0.1, 0.15) is 18.4 Å². The van der Waals surface area contributed by atoms with E-state index < -0.39 is 10.0 Å². The molecule has 1 atom stereocenters. The van der Waals surface area contributed by atoms with Crippen molar-refractivity contribution in [3.8, 4) is 0 Å². The normalized spacial score (nSPS) is 17.7. The third-order valence-electron chi connectivity index (χ3n) is 3.93. The second-order valence-corrected chi connectivity index (χ2v) is 9.52. The molecule has 136 valence electrons. The van der Waals surface area contributed by atoms with E-state index in [0.29, 0.717) is 13.1 Å². The Balaban J connectivity index is 1.63. The minimum atomic E-state index is -3.64. The van der Waals surface area contributed by atoms with Crippen LogP contribution in [0.5, 0.6) is 0 Å². The van der Waals surface area contributed by atoms with Gasteiger partial charge in [-0.1, -0.05) is 6.07 Å². The van der Waals surface area contributed by atoms with Crippen LogP contribution < -0.4 is 4.72 Å². The number of hydrogen-bond acceptors (Lipinski definition) is 6. The molecule has 0 aromatic carbocycles. The minimum Gasteiger partial charge on any atom is -0.376 e. The van der Waals surface area contributed by atoms with E-state index in [4.69, 9.17) is 4.74 Å². The van der Waals surface area contributed by atoms with Gasteiger partial charge in [0.2, 0.25) is 5.91 Å². The number of ether oxygens (including phenoxy) is 1. The minimum absolute atomic E-state index is 0.0245. The first-order valence-corrected chi connectivity index (χ1v) is 11.3. The predicted octanol–water partition coefficient (Wildman–Crippen LogP) is 2.30. The van der Waals surface area contributed by atoms with Crippen molar-refractivity contribution in [3.63, 3.8) is 0 Å². The van der Waals surface area contributed by atoms with Gasteiger partial charge in [-0.3, -0.25) is 4.79 Å². The summed E-state index contributed by atoms with van der Waals surface area (Å²) >= 11 is 2.70. The first-order valence-electron chi connectivity index (χ1n) is 7.98. The molecule has 1 amide bonds. The Morgan fingerprint density at radius 2 is 2.24 bits per heavy atom. The number of thiophene rings is 2. The first-order chi connectivity index (χ1) is 12.0. The van der Waals surface area contributed by atoms with Crippen molar-refractivity contribution >= 4 is 38.6 Å². The van der Waals surface area contributed by atoms with Gasteiger partial charge in [0.1, 0.15) is 4.21 Å². The number of nitrogens with one attached hydrogen (secondary N) is 1. The average Bonchev–Trinajstić information content (AvgIpc) is 3.33. The zero-order valence-corrected chi connectivity index (χ0v) is 16.0. The zero-order valence-electron chi connectivity index (χ0n) is 13.6. The second-order valence-electron chi connectivity index (χ2n) is 5.80. The van der Waals surface area contributed by atoms with E-state index in [1.165, 1.54) is 6.07 Å². The van der Waals surface area contributed by atoms with Gasteiger partial charge in [0, 0.05) is 19.7 Å². The molecule has 25 heavy (non-hydrogen) atoms. The molecular weight excluding hydrogens is 380 g/mol. The first kappa shape index (κ1) is 18.5. The Morgan fingerprint density at radius 3 is 2.88 bits per heavy atom. The highest BCUT2D eigenvalue weighted by atomic mass is 32.2. The van der Waals surface area contributed by atoms with Gasteiger partial charge in [0.25, 0.3) is 10.0 Å². The maximum Gasteiger partial charge on any atom is 0.250 e. The highest BCUT2D eigenvalue weighted by molar-refractivity contribution is 7.91. The standard InChI is InChI=1S/C16H20N2O4S3/c19-15(9-17-25(20,21)16-4-2-7-24-16)18(10-13-5-8-23-12-13)11-14-3-1-6-22-14/h2,4-5,7-8,12,14,17H,1,3,6,9-11H2/t14-/m1/s1. The monoisotopic (exact) mass is 400 g/mol. The third kappa shape index (κ3) is 5.11. The van der Waals surface area contributed by atoms with E-state index in [9.17, 15) is 13.2 Å². The Kier molecular flexibility index (Phi) is 6.24. The average molecular weight is 401 g/mol. The number of nitrogens with zero attached hydrogens (tertiary/aromatic N) is 1. The lowest BCUT2D eigenvalue weighted by molar-refractivity contribution is -0.132. The lowest BCUT2D eigenvalue weighted by Crippen LogP contribution is -2.42. The zero-order chi connectivity index (χ0) is 17.7. The fourth-order valence-corrected chi connectivity index (χ4v) is 5.32. The topological polar surface area (TPSA) is 75.7 Å². The van der Waals surface area contributed by atoms with Gasteiger partial charge < -0.3 is 9.64 Å². The second kappa shape index (κ2) is 8.41. The van der Waals surface area contributed by atoms with Gasteiger partial charge in [-0.2, -0.15) is 11.3 Å². The molecule has 0 saturated carbocycles. The molecule has 0 aliphatic carbocycles. The van der Waals surface area contributed by atoms with Crippen molar-refractivity contribution < 1.29 is 17.9 Å². The summed E-state index contributed by atoms with van der Waals surface area (Å²) < 4.78 is 32.6. The molecule has 1 saturated heterocycles. The van der Waals surface area contributed by atoms with E-state index in [-0.39, 0.29) is 22.8 Å². The molecule has 3 heterocycles. The summed E-state index contributed by atoms with van der Waals surface area (Å²) in [5.74, 6) is -0.248. The highest BCUT2D eigenvalue weighted by Crippen LogP contribution is 2.17. The van der Waals surface area contributed by atoms with E-state index in [1.807, 2.05) is 16.8 Å². The summed E-state index contributed by atoms with van der Waals surface area (Å²) in [6.45, 7) is 1.41. The smallest absolute Gasteiger partial charge is 0.250 e. The van der Waals surface area contributed by atoms with E-state index in [1.54, 1.807) is 27.7 Å². The summed E-state index contributed by atoms with van der Waals surface area (Å²) in [7, 11) is -3.64. The molecule has 0 spiro atoms. The fraction of sp³-hybridized carbons (Fsp3) is 0.438. The molecule has 0 unspecified atom stereocenters. The SMILES string of the molecule is O=C(CNS(=O)(=O)c1cccs1)N(Cc1ccsc1)C[C@H]1CCCO1. The molecule has 1 aliphatic rings. The summed E-state index contributed by atoms with van der Waals surface area (Å²) in [5.41, 5.74) is 1.04. The van der Waals surface area contributed by atoms with Gasteiger partial charge in [-0.15, -0.1) is 11.3 Å². The van der Waals surface area contributed by atoms with Crippen LogP contribution in [-0.4, -0.2) is 45.0 Å². The summed E-state index contributed by atoms with van der Waals surface area (Å²) in [4.78, 5) is 14.3. The molecule has 6 nitrogen and oxygen atoms in total. The number of carbonyl (C=O) groups excluding carboxylic acids is 1. The lowest BCUT2D eigenvalue weighted by atomic mass is 10.2. The van der Waals surface area contributed by atoms with Gasteiger partial charge in [-0.05, 0) is 46.7 Å². The number of carbonyl (C=O) groups is 1. The maximum absolute atomic E-state index is 12.6. The molecule has 1 N–H and O–H groups in total. The van der Waals surface area contributed by atoms with Crippen LogP contribution in [0.2, 0.25) is 0 Å². The van der Waals surface area contributed by atoms with E-state index >= 15 is 0 Å². The van der Waals surface area contributed by atoms with Crippen LogP contribution >= 0.6 is 22.7 Å². The summed E-state index contributed by atoms with van der Waals surface area (Å²) in [6.07, 6.45) is 1.95. The molecule has 2 aromatic rings. The van der Waals surface area contributed by atoms with Crippen molar-refractivity contribution in [1.29, 1.82) is 0 Å². The number of rotatable bonds is 8. The van der Waals surface area contributed by atoms with Crippen LogP contribution in [0.15, 0.2) is 38.5 Å². The van der Waals surface area contributed by atoms with Gasteiger partial charge in [-0.25, -0.2) is 13.1 Å². The van der Waals surface area contributed by atoms with Gasteiger partial charge in [0.15, 0.2) is 0 Å². The van der Waals surface area contributed by atoms with Crippen molar-refractivity contribution in [2.24, 2.45) is 0 Å². The largest absolute Gasteiger partial charge is 0.376 e.